The molecule has 1 aromatic carbocycles. The molecule has 2 heterocycles. The van der Waals surface area contributed by atoms with Crippen molar-refractivity contribution in [2.45, 2.75) is 31.7 Å². The van der Waals surface area contributed by atoms with E-state index in [4.69, 9.17) is 4.42 Å². The van der Waals surface area contributed by atoms with Crippen molar-refractivity contribution in [3.63, 3.8) is 0 Å². The molecule has 5 heteroatoms. The Bertz CT molecular complexity index is 676. The van der Waals surface area contributed by atoms with Crippen molar-refractivity contribution in [1.82, 2.24) is 5.32 Å². The van der Waals surface area contributed by atoms with Gasteiger partial charge >= 0.3 is 0 Å². The van der Waals surface area contributed by atoms with E-state index in [1.54, 1.807) is 18.4 Å². The van der Waals surface area contributed by atoms with Gasteiger partial charge in [0.25, 0.3) is 0 Å². The van der Waals surface area contributed by atoms with E-state index in [0.717, 1.165) is 18.8 Å². The Morgan fingerprint density at radius 2 is 1.80 bits per heavy atom. The second-order valence-electron chi connectivity index (χ2n) is 6.53. The third-order valence-electron chi connectivity index (χ3n) is 4.80. The molecule has 1 aliphatic heterocycles. The van der Waals surface area contributed by atoms with Gasteiger partial charge in [0.2, 0.25) is 5.91 Å². The van der Waals surface area contributed by atoms with Gasteiger partial charge in [0.1, 0.15) is 0 Å². The summed E-state index contributed by atoms with van der Waals surface area (Å²) in [7, 11) is 0. The van der Waals surface area contributed by atoms with Crippen LogP contribution in [0.2, 0.25) is 0 Å². The highest BCUT2D eigenvalue weighted by molar-refractivity contribution is 5.97. The number of furan rings is 1. The fourth-order valence-electron chi connectivity index (χ4n) is 3.41. The van der Waals surface area contributed by atoms with Crippen molar-refractivity contribution < 1.29 is 18.9 Å². The number of amides is 1. The van der Waals surface area contributed by atoms with Crippen LogP contribution in [0.25, 0.3) is 0 Å². The summed E-state index contributed by atoms with van der Waals surface area (Å²) in [5.74, 6) is 0.834. The van der Waals surface area contributed by atoms with Crippen LogP contribution in [0, 0.1) is 0 Å². The van der Waals surface area contributed by atoms with Gasteiger partial charge in [-0.1, -0.05) is 30.3 Å². The third-order valence-corrected chi connectivity index (χ3v) is 4.80. The summed E-state index contributed by atoms with van der Waals surface area (Å²) in [5, 5.41) is 2.98. The number of Topliss-reactive ketones (excluding diaryl/α,β-unsaturated/α-hetero) is 1. The van der Waals surface area contributed by atoms with Crippen molar-refractivity contribution in [1.29, 1.82) is 0 Å². The Morgan fingerprint density at radius 3 is 2.48 bits per heavy atom. The molecule has 1 saturated heterocycles. The summed E-state index contributed by atoms with van der Waals surface area (Å²) in [5.41, 5.74) is 0.658. The zero-order valence-electron chi connectivity index (χ0n) is 14.4. The summed E-state index contributed by atoms with van der Waals surface area (Å²) in [6.45, 7) is 2.75. The molecule has 1 fully saturated rings. The second kappa shape index (κ2) is 8.62. The first kappa shape index (κ1) is 17.4. The molecule has 0 saturated carbocycles. The Kier molecular flexibility index (Phi) is 6.01. The number of hydrogen-bond donors (Lipinski definition) is 2. The van der Waals surface area contributed by atoms with Crippen molar-refractivity contribution in [3.05, 3.63) is 60.1 Å². The monoisotopic (exact) mass is 341 g/mol. The maximum absolute atomic E-state index is 12.2. The average molecular weight is 341 g/mol. The molecule has 2 N–H and O–H groups in total. The molecule has 2 aromatic rings. The number of rotatable bonds is 8. The number of hydrogen-bond acceptors (Lipinski definition) is 3. The van der Waals surface area contributed by atoms with E-state index in [9.17, 15) is 9.59 Å². The van der Waals surface area contributed by atoms with Crippen molar-refractivity contribution >= 4 is 11.7 Å². The molecule has 1 aromatic heterocycles. The van der Waals surface area contributed by atoms with Gasteiger partial charge in [0.05, 0.1) is 25.9 Å². The van der Waals surface area contributed by atoms with Crippen molar-refractivity contribution in [2.75, 3.05) is 19.6 Å². The van der Waals surface area contributed by atoms with Crippen LogP contribution in [0.3, 0.4) is 0 Å². The lowest BCUT2D eigenvalue weighted by atomic mass is 10.1. The van der Waals surface area contributed by atoms with Crippen molar-refractivity contribution in [2.24, 2.45) is 0 Å². The molecular formula is C20H25N2O3+. The molecule has 0 aliphatic carbocycles. The summed E-state index contributed by atoms with van der Waals surface area (Å²) in [6, 6.07) is 13.1. The zero-order valence-corrected chi connectivity index (χ0v) is 14.4. The van der Waals surface area contributed by atoms with Crippen LogP contribution >= 0.6 is 0 Å². The van der Waals surface area contributed by atoms with Gasteiger partial charge < -0.3 is 14.6 Å². The molecule has 132 valence electrons. The number of carbonyl (C=O) groups is 2. The minimum Gasteiger partial charge on any atom is -0.463 e. The first-order chi connectivity index (χ1) is 12.2. The zero-order chi connectivity index (χ0) is 17.5. The topological polar surface area (TPSA) is 63.8 Å². The van der Waals surface area contributed by atoms with Gasteiger partial charge in [-0.15, -0.1) is 0 Å². The number of carbonyl (C=O) groups excluding carboxylic acids is 2. The molecule has 1 amide bonds. The lowest BCUT2D eigenvalue weighted by Crippen LogP contribution is -3.11. The Hall–Kier alpha value is -2.40. The molecular weight excluding hydrogens is 316 g/mol. The maximum Gasteiger partial charge on any atom is 0.220 e. The lowest BCUT2D eigenvalue weighted by molar-refractivity contribution is -0.919. The molecule has 25 heavy (non-hydrogen) atoms. The summed E-state index contributed by atoms with van der Waals surface area (Å²) in [4.78, 5) is 25.7. The van der Waals surface area contributed by atoms with E-state index in [1.165, 1.54) is 17.7 Å². The maximum atomic E-state index is 12.2. The van der Waals surface area contributed by atoms with E-state index in [0.29, 0.717) is 12.1 Å². The molecule has 0 unspecified atom stereocenters. The quantitative estimate of drug-likeness (QED) is 0.720. The van der Waals surface area contributed by atoms with E-state index in [1.807, 2.05) is 30.3 Å². The van der Waals surface area contributed by atoms with Crippen LogP contribution in [-0.4, -0.2) is 31.3 Å². The minimum absolute atomic E-state index is 0.00324. The van der Waals surface area contributed by atoms with E-state index in [-0.39, 0.29) is 30.6 Å². The number of nitrogens with one attached hydrogen (secondary N) is 2. The standard InChI is InChI=1S/C20H24N2O3/c23-18(16-7-2-1-3-8-16)10-11-20(24)21-15-17(19-9-6-14-25-19)22-12-4-5-13-22/h1-3,6-9,14,17H,4-5,10-13,15H2,(H,21,24)/p+1/t17-/m1/s1. The molecule has 1 atom stereocenters. The Morgan fingerprint density at radius 1 is 1.04 bits per heavy atom. The highest BCUT2D eigenvalue weighted by Gasteiger charge is 2.29. The number of quaternary nitrogens is 1. The van der Waals surface area contributed by atoms with Gasteiger partial charge in [0, 0.05) is 31.2 Å². The summed E-state index contributed by atoms with van der Waals surface area (Å²) < 4.78 is 5.57. The Balaban J connectivity index is 1.49. The lowest BCUT2D eigenvalue weighted by Gasteiger charge is -2.23. The molecule has 0 radical (unpaired) electrons. The van der Waals surface area contributed by atoms with Gasteiger partial charge in [-0.05, 0) is 12.1 Å². The average Bonchev–Trinajstić information content (AvgIpc) is 3.35. The first-order valence-corrected chi connectivity index (χ1v) is 8.97. The summed E-state index contributed by atoms with van der Waals surface area (Å²) >= 11 is 0. The highest BCUT2D eigenvalue weighted by Crippen LogP contribution is 2.11. The SMILES string of the molecule is O=C(CCC(=O)c1ccccc1)NC[C@H](c1ccco1)[NH+]1CCCC1. The fourth-order valence-corrected chi connectivity index (χ4v) is 3.41. The first-order valence-electron chi connectivity index (χ1n) is 8.97. The van der Waals surface area contributed by atoms with Crippen LogP contribution in [-0.2, 0) is 4.79 Å². The predicted octanol–water partition coefficient (Wildman–Crippen LogP) is 1.78. The van der Waals surface area contributed by atoms with Gasteiger partial charge in [-0.25, -0.2) is 0 Å². The van der Waals surface area contributed by atoms with E-state index >= 15 is 0 Å². The largest absolute Gasteiger partial charge is 0.463 e. The van der Waals surface area contributed by atoms with Gasteiger partial charge in [0.15, 0.2) is 17.6 Å². The normalized spacial score (nSPS) is 15.8. The number of likely N-dealkylation sites (tertiary alicyclic amines) is 1. The van der Waals surface area contributed by atoms with E-state index < -0.39 is 0 Å². The molecule has 0 bridgehead atoms. The second-order valence-corrected chi connectivity index (χ2v) is 6.53. The number of benzene rings is 1. The fraction of sp³-hybridized carbons (Fsp3) is 0.400. The predicted molar refractivity (Wildman–Crippen MR) is 94.4 cm³/mol. The molecule has 3 rings (SSSR count). The van der Waals surface area contributed by atoms with E-state index in [2.05, 4.69) is 5.32 Å². The number of ketones is 1. The molecule has 0 spiro atoms. The smallest absolute Gasteiger partial charge is 0.220 e. The van der Waals surface area contributed by atoms with Crippen LogP contribution in [0.1, 0.15) is 47.8 Å². The van der Waals surface area contributed by atoms with Crippen LogP contribution in [0.4, 0.5) is 0 Å². The highest BCUT2D eigenvalue weighted by atomic mass is 16.3. The van der Waals surface area contributed by atoms with Crippen molar-refractivity contribution in [3.8, 4) is 0 Å². The van der Waals surface area contributed by atoms with Gasteiger partial charge in [-0.3, -0.25) is 9.59 Å². The molecule has 5 nitrogen and oxygen atoms in total. The minimum atomic E-state index is -0.0839. The molecule has 1 aliphatic rings. The summed E-state index contributed by atoms with van der Waals surface area (Å²) in [6.07, 6.45) is 4.56. The van der Waals surface area contributed by atoms with Gasteiger partial charge in [-0.2, -0.15) is 0 Å². The third kappa shape index (κ3) is 4.79. The van der Waals surface area contributed by atoms with Crippen LogP contribution in [0.5, 0.6) is 0 Å². The Labute approximate surface area is 148 Å². The van der Waals surface area contributed by atoms with Crippen LogP contribution in [0.15, 0.2) is 53.1 Å². The van der Waals surface area contributed by atoms with Crippen LogP contribution < -0.4 is 10.2 Å².